The van der Waals surface area contributed by atoms with E-state index >= 15 is 0 Å². The summed E-state index contributed by atoms with van der Waals surface area (Å²) < 4.78 is 13.7. The molecule has 5 heteroatoms. The highest BCUT2D eigenvalue weighted by Gasteiger charge is 2.30. The second-order valence-corrected chi connectivity index (χ2v) is 4.34. The van der Waals surface area contributed by atoms with Crippen LogP contribution in [0.3, 0.4) is 0 Å². The molecule has 1 aliphatic rings. The molecule has 15 heavy (non-hydrogen) atoms. The Balaban J connectivity index is 2.37. The fraction of sp³-hybridized carbons (Fsp3) is 0.300. The van der Waals surface area contributed by atoms with Gasteiger partial charge >= 0.3 is 0 Å². The lowest BCUT2D eigenvalue weighted by atomic mass is 10.3. The summed E-state index contributed by atoms with van der Waals surface area (Å²) in [5.41, 5.74) is 6.14. The van der Waals surface area contributed by atoms with Crippen molar-refractivity contribution in [3.63, 3.8) is 0 Å². The molecular weight excluding hydrogens is 263 g/mol. The largest absolute Gasteiger partial charge is 0.320 e. The second-order valence-electron chi connectivity index (χ2n) is 3.48. The number of rotatable bonds is 1. The number of benzene rings is 1. The van der Waals surface area contributed by atoms with Crippen LogP contribution in [0.2, 0.25) is 0 Å². The van der Waals surface area contributed by atoms with Gasteiger partial charge in [0.05, 0.1) is 11.7 Å². The van der Waals surface area contributed by atoms with Crippen LogP contribution in [-0.2, 0) is 4.79 Å². The molecule has 1 heterocycles. The zero-order valence-electron chi connectivity index (χ0n) is 7.91. The molecule has 1 atom stereocenters. The number of nitrogens with two attached hydrogens (primary N) is 1. The maximum absolute atomic E-state index is 13.0. The third-order valence-electron chi connectivity index (χ3n) is 2.45. The molecule has 1 aromatic carbocycles. The van der Waals surface area contributed by atoms with Crippen LogP contribution < -0.4 is 10.6 Å². The minimum Gasteiger partial charge on any atom is -0.320 e. The first-order chi connectivity index (χ1) is 7.09. The van der Waals surface area contributed by atoms with Crippen LogP contribution >= 0.6 is 15.9 Å². The van der Waals surface area contributed by atoms with Crippen molar-refractivity contribution < 1.29 is 9.18 Å². The van der Waals surface area contributed by atoms with Crippen molar-refractivity contribution in [1.82, 2.24) is 0 Å². The number of halogens is 2. The zero-order valence-corrected chi connectivity index (χ0v) is 9.50. The minimum absolute atomic E-state index is 0.152. The summed E-state index contributed by atoms with van der Waals surface area (Å²) in [7, 11) is 0. The molecule has 2 N–H and O–H groups in total. The first-order valence-electron chi connectivity index (χ1n) is 4.61. The van der Waals surface area contributed by atoms with Gasteiger partial charge in [-0.15, -0.1) is 0 Å². The monoisotopic (exact) mass is 272 g/mol. The predicted octanol–water partition coefficient (Wildman–Crippen LogP) is 1.65. The van der Waals surface area contributed by atoms with Gasteiger partial charge in [0.1, 0.15) is 5.82 Å². The minimum atomic E-state index is -0.458. The highest BCUT2D eigenvalue weighted by Crippen LogP contribution is 2.29. The summed E-state index contributed by atoms with van der Waals surface area (Å²) in [4.78, 5) is 13.1. The third kappa shape index (κ3) is 1.89. The molecule has 0 aromatic heterocycles. The van der Waals surface area contributed by atoms with Gasteiger partial charge in [0.15, 0.2) is 0 Å². The molecule has 0 bridgehead atoms. The summed E-state index contributed by atoms with van der Waals surface area (Å²) >= 11 is 3.29. The lowest BCUT2D eigenvalue weighted by Crippen LogP contribution is -2.34. The topological polar surface area (TPSA) is 46.3 Å². The third-order valence-corrected chi connectivity index (χ3v) is 3.12. The molecule has 1 fully saturated rings. The average Bonchev–Trinajstić information content (AvgIpc) is 2.52. The Morgan fingerprint density at radius 3 is 2.87 bits per heavy atom. The van der Waals surface area contributed by atoms with Gasteiger partial charge in [-0.3, -0.25) is 4.79 Å². The van der Waals surface area contributed by atoms with Crippen molar-refractivity contribution >= 4 is 27.5 Å². The highest BCUT2D eigenvalue weighted by molar-refractivity contribution is 9.10. The van der Waals surface area contributed by atoms with Gasteiger partial charge in [-0.25, -0.2) is 4.39 Å². The van der Waals surface area contributed by atoms with Crippen LogP contribution in [0, 0.1) is 5.82 Å². The second kappa shape index (κ2) is 3.90. The molecule has 2 rings (SSSR count). The number of amides is 1. The molecule has 80 valence electrons. The number of anilines is 1. The lowest BCUT2D eigenvalue weighted by Gasteiger charge is -2.17. The van der Waals surface area contributed by atoms with Crippen molar-refractivity contribution in [1.29, 1.82) is 0 Å². The molecule has 1 aromatic rings. The van der Waals surface area contributed by atoms with Crippen molar-refractivity contribution in [3.05, 3.63) is 28.5 Å². The van der Waals surface area contributed by atoms with E-state index in [1.807, 2.05) is 0 Å². The Hall–Kier alpha value is -0.940. The van der Waals surface area contributed by atoms with E-state index in [2.05, 4.69) is 15.9 Å². The molecule has 3 nitrogen and oxygen atoms in total. The highest BCUT2D eigenvalue weighted by atomic mass is 79.9. The Labute approximate surface area is 95.2 Å². The summed E-state index contributed by atoms with van der Waals surface area (Å²) in [5, 5.41) is 0. The van der Waals surface area contributed by atoms with Crippen molar-refractivity contribution in [2.24, 2.45) is 5.73 Å². The SMILES string of the molecule is NC1CCN(c2cc(F)ccc2Br)C1=O. The van der Waals surface area contributed by atoms with Gasteiger partial charge < -0.3 is 10.6 Å². The van der Waals surface area contributed by atoms with Gasteiger partial charge in [-0.2, -0.15) is 0 Å². The molecule has 0 aliphatic carbocycles. The number of hydrogen-bond acceptors (Lipinski definition) is 2. The molecule has 0 radical (unpaired) electrons. The van der Waals surface area contributed by atoms with Crippen molar-refractivity contribution in [2.75, 3.05) is 11.4 Å². The van der Waals surface area contributed by atoms with Crippen LogP contribution in [-0.4, -0.2) is 18.5 Å². The van der Waals surface area contributed by atoms with E-state index < -0.39 is 6.04 Å². The van der Waals surface area contributed by atoms with E-state index in [0.717, 1.165) is 0 Å². The molecule has 0 spiro atoms. The number of carbonyl (C=O) groups excluding carboxylic acids is 1. The van der Waals surface area contributed by atoms with E-state index in [9.17, 15) is 9.18 Å². The van der Waals surface area contributed by atoms with E-state index in [1.54, 1.807) is 6.07 Å². The van der Waals surface area contributed by atoms with Gasteiger partial charge in [0.25, 0.3) is 0 Å². The van der Waals surface area contributed by atoms with E-state index in [4.69, 9.17) is 5.73 Å². The molecule has 1 aliphatic heterocycles. The van der Waals surface area contributed by atoms with Crippen LogP contribution in [0.25, 0.3) is 0 Å². The van der Waals surface area contributed by atoms with E-state index in [0.29, 0.717) is 23.1 Å². The Morgan fingerprint density at radius 1 is 1.53 bits per heavy atom. The van der Waals surface area contributed by atoms with Gasteiger partial charge in [0, 0.05) is 11.0 Å². The van der Waals surface area contributed by atoms with E-state index in [-0.39, 0.29) is 11.7 Å². The fourth-order valence-corrected chi connectivity index (χ4v) is 2.09. The number of hydrogen-bond donors (Lipinski definition) is 1. The molecular formula is C10H10BrFN2O. The van der Waals surface area contributed by atoms with Gasteiger partial charge in [-0.05, 0) is 40.5 Å². The molecule has 0 saturated carbocycles. The lowest BCUT2D eigenvalue weighted by molar-refractivity contribution is -0.118. The maximum Gasteiger partial charge on any atom is 0.243 e. The molecule has 1 saturated heterocycles. The summed E-state index contributed by atoms with van der Waals surface area (Å²) in [5.74, 6) is -0.511. The first kappa shape index (κ1) is 10.6. The van der Waals surface area contributed by atoms with Crippen LogP contribution in [0.1, 0.15) is 6.42 Å². The van der Waals surface area contributed by atoms with E-state index in [1.165, 1.54) is 17.0 Å². The van der Waals surface area contributed by atoms with Crippen LogP contribution in [0.5, 0.6) is 0 Å². The smallest absolute Gasteiger partial charge is 0.243 e. The van der Waals surface area contributed by atoms with Crippen molar-refractivity contribution in [3.8, 4) is 0 Å². The molecule has 1 amide bonds. The Bertz CT molecular complexity index is 410. The number of carbonyl (C=O) groups is 1. The zero-order chi connectivity index (χ0) is 11.0. The average molecular weight is 273 g/mol. The quantitative estimate of drug-likeness (QED) is 0.845. The standard InChI is InChI=1S/C10H10BrFN2O/c11-7-2-1-6(12)5-9(7)14-4-3-8(13)10(14)15/h1-2,5,8H,3-4,13H2. The maximum atomic E-state index is 13.0. The van der Waals surface area contributed by atoms with Crippen LogP contribution in [0.4, 0.5) is 10.1 Å². The van der Waals surface area contributed by atoms with Gasteiger partial charge in [-0.1, -0.05) is 0 Å². The summed E-state index contributed by atoms with van der Waals surface area (Å²) in [6.45, 7) is 0.544. The first-order valence-corrected chi connectivity index (χ1v) is 5.41. The molecule has 1 unspecified atom stereocenters. The Morgan fingerprint density at radius 2 is 2.27 bits per heavy atom. The van der Waals surface area contributed by atoms with Crippen LogP contribution in [0.15, 0.2) is 22.7 Å². The number of nitrogens with zero attached hydrogens (tertiary/aromatic N) is 1. The summed E-state index contributed by atoms with van der Waals surface area (Å²) in [6, 6.07) is 3.80. The fourth-order valence-electron chi connectivity index (χ4n) is 1.63. The predicted molar refractivity (Wildman–Crippen MR) is 59.0 cm³/mol. The normalized spacial score (nSPS) is 21.1. The summed E-state index contributed by atoms with van der Waals surface area (Å²) in [6.07, 6.45) is 0.613. The van der Waals surface area contributed by atoms with Crippen molar-refractivity contribution in [2.45, 2.75) is 12.5 Å². The van der Waals surface area contributed by atoms with Gasteiger partial charge in [0.2, 0.25) is 5.91 Å². The Kier molecular flexibility index (Phi) is 2.75.